The number of ether oxygens (including phenoxy) is 1. The van der Waals surface area contributed by atoms with Crippen LogP contribution in [-0.2, 0) is 20.7 Å². The largest absolute Gasteiger partial charge is 0.444 e. The number of likely N-dealkylation sites (tertiary alicyclic amines) is 1. The van der Waals surface area contributed by atoms with Crippen LogP contribution in [0.4, 0.5) is 4.79 Å². The number of nitrogens with one attached hydrogen (secondary N) is 1. The number of benzene rings is 1. The molecule has 1 unspecified atom stereocenters. The molecule has 1 aliphatic heterocycles. The molecule has 1 N–H and O–H groups in total. The van der Waals surface area contributed by atoms with Gasteiger partial charge in [-0.3, -0.25) is 9.59 Å². The van der Waals surface area contributed by atoms with E-state index in [1.807, 2.05) is 56.0 Å². The number of carbonyl (C=O) groups is 3. The van der Waals surface area contributed by atoms with E-state index < -0.39 is 5.60 Å². The molecule has 0 aromatic heterocycles. The highest BCUT2D eigenvalue weighted by atomic mass is 16.6. The standard InChI is InChI=1S/C23H35N3O4/c1-23(2,3)30-22(29)25(4)16-19-11-8-14-26(17-19)21(28)12-13-24-20(27)15-18-9-6-5-7-10-18/h5-7,9-10,19H,8,11-17H2,1-4H3,(H,24,27). The Morgan fingerprint density at radius 2 is 1.90 bits per heavy atom. The molecule has 0 radical (unpaired) electrons. The zero-order chi connectivity index (χ0) is 22.1. The lowest BCUT2D eigenvalue weighted by molar-refractivity contribution is -0.133. The average Bonchev–Trinajstić information content (AvgIpc) is 2.67. The van der Waals surface area contributed by atoms with Gasteiger partial charge >= 0.3 is 6.09 Å². The van der Waals surface area contributed by atoms with Gasteiger partial charge in [-0.25, -0.2) is 4.79 Å². The third kappa shape index (κ3) is 8.43. The Hall–Kier alpha value is -2.57. The summed E-state index contributed by atoms with van der Waals surface area (Å²) in [5.74, 6) is 0.192. The van der Waals surface area contributed by atoms with E-state index >= 15 is 0 Å². The summed E-state index contributed by atoms with van der Waals surface area (Å²) in [6.07, 6.45) is 2.16. The molecule has 3 amide bonds. The molecule has 30 heavy (non-hydrogen) atoms. The second kappa shape index (κ2) is 11.0. The molecule has 0 saturated carbocycles. The Kier molecular flexibility index (Phi) is 8.69. The predicted octanol–water partition coefficient (Wildman–Crippen LogP) is 2.84. The highest BCUT2D eigenvalue weighted by Crippen LogP contribution is 2.19. The second-order valence-corrected chi connectivity index (χ2v) is 8.97. The molecule has 166 valence electrons. The number of amides is 3. The van der Waals surface area contributed by atoms with Crippen LogP contribution in [0.5, 0.6) is 0 Å². The third-order valence-electron chi connectivity index (χ3n) is 4.98. The average molecular weight is 418 g/mol. The van der Waals surface area contributed by atoms with Crippen LogP contribution in [-0.4, -0.2) is 66.5 Å². The number of hydrogen-bond acceptors (Lipinski definition) is 4. The first kappa shape index (κ1) is 23.7. The van der Waals surface area contributed by atoms with Crippen molar-refractivity contribution >= 4 is 17.9 Å². The maximum Gasteiger partial charge on any atom is 0.410 e. The second-order valence-electron chi connectivity index (χ2n) is 8.97. The summed E-state index contributed by atoms with van der Waals surface area (Å²) in [5, 5.41) is 2.83. The van der Waals surface area contributed by atoms with Gasteiger partial charge in [0.15, 0.2) is 0 Å². The SMILES string of the molecule is CN(CC1CCCN(C(=O)CCNC(=O)Cc2ccccc2)C1)C(=O)OC(C)(C)C. The van der Waals surface area contributed by atoms with E-state index in [1.165, 1.54) is 0 Å². The van der Waals surface area contributed by atoms with Crippen LogP contribution in [0.25, 0.3) is 0 Å². The molecule has 1 aliphatic rings. The maximum absolute atomic E-state index is 12.6. The van der Waals surface area contributed by atoms with Crippen LogP contribution in [0.15, 0.2) is 30.3 Å². The van der Waals surface area contributed by atoms with Crippen molar-refractivity contribution in [3.05, 3.63) is 35.9 Å². The highest BCUT2D eigenvalue weighted by Gasteiger charge is 2.27. The molecular weight excluding hydrogens is 382 g/mol. The van der Waals surface area contributed by atoms with Gasteiger partial charge < -0.3 is 19.9 Å². The minimum atomic E-state index is -0.523. The van der Waals surface area contributed by atoms with Crippen molar-refractivity contribution in [2.45, 2.75) is 52.1 Å². The molecule has 0 spiro atoms. The number of hydrogen-bond donors (Lipinski definition) is 1. The fourth-order valence-electron chi connectivity index (χ4n) is 3.55. The van der Waals surface area contributed by atoms with Crippen molar-refractivity contribution in [3.8, 4) is 0 Å². The third-order valence-corrected chi connectivity index (χ3v) is 4.98. The van der Waals surface area contributed by atoms with Gasteiger partial charge in [0.25, 0.3) is 0 Å². The lowest BCUT2D eigenvalue weighted by atomic mass is 9.97. The molecule has 0 bridgehead atoms. The summed E-state index contributed by atoms with van der Waals surface area (Å²) in [7, 11) is 1.73. The predicted molar refractivity (Wildman–Crippen MR) is 116 cm³/mol. The Morgan fingerprint density at radius 3 is 2.57 bits per heavy atom. The quantitative estimate of drug-likeness (QED) is 0.740. The van der Waals surface area contributed by atoms with Gasteiger partial charge in [-0.15, -0.1) is 0 Å². The van der Waals surface area contributed by atoms with Crippen molar-refractivity contribution in [3.63, 3.8) is 0 Å². The van der Waals surface area contributed by atoms with Gasteiger partial charge in [-0.05, 0) is 45.1 Å². The van der Waals surface area contributed by atoms with E-state index in [-0.39, 0.29) is 30.2 Å². The number of carbonyl (C=O) groups excluding carboxylic acids is 3. The van der Waals surface area contributed by atoms with Crippen molar-refractivity contribution in [2.24, 2.45) is 5.92 Å². The molecule has 7 nitrogen and oxygen atoms in total. The normalized spacial score (nSPS) is 16.7. The van der Waals surface area contributed by atoms with Crippen molar-refractivity contribution in [1.29, 1.82) is 0 Å². The number of nitrogens with zero attached hydrogens (tertiary/aromatic N) is 2. The number of rotatable bonds is 7. The lowest BCUT2D eigenvalue weighted by Gasteiger charge is -2.35. The molecule has 1 aromatic carbocycles. The van der Waals surface area contributed by atoms with Crippen LogP contribution >= 0.6 is 0 Å². The maximum atomic E-state index is 12.6. The van der Waals surface area contributed by atoms with Crippen LogP contribution in [0.3, 0.4) is 0 Å². The number of piperidine rings is 1. The smallest absolute Gasteiger partial charge is 0.410 e. The summed E-state index contributed by atoms with van der Waals surface area (Å²) in [4.78, 5) is 40.2. The van der Waals surface area contributed by atoms with Gasteiger partial charge in [0.2, 0.25) is 11.8 Å². The first-order valence-electron chi connectivity index (χ1n) is 10.7. The molecule has 0 aliphatic carbocycles. The molecule has 1 aromatic rings. The fourth-order valence-corrected chi connectivity index (χ4v) is 3.55. The zero-order valence-corrected chi connectivity index (χ0v) is 18.6. The van der Waals surface area contributed by atoms with E-state index in [0.717, 1.165) is 24.9 Å². The van der Waals surface area contributed by atoms with Crippen LogP contribution in [0.2, 0.25) is 0 Å². The van der Waals surface area contributed by atoms with Crippen LogP contribution in [0, 0.1) is 5.92 Å². The molecular formula is C23H35N3O4. The Labute approximate surface area is 179 Å². The van der Waals surface area contributed by atoms with Crippen molar-refractivity contribution < 1.29 is 19.1 Å². The fraction of sp³-hybridized carbons (Fsp3) is 0.609. The minimum absolute atomic E-state index is 0.0413. The first-order chi connectivity index (χ1) is 14.1. The summed E-state index contributed by atoms with van der Waals surface area (Å²) in [6.45, 7) is 7.79. The van der Waals surface area contributed by atoms with E-state index in [9.17, 15) is 14.4 Å². The van der Waals surface area contributed by atoms with Crippen LogP contribution in [0.1, 0.15) is 45.6 Å². The molecule has 1 saturated heterocycles. The topological polar surface area (TPSA) is 79.0 Å². The summed E-state index contributed by atoms with van der Waals surface area (Å²) >= 11 is 0. The molecule has 2 rings (SSSR count). The molecule has 1 atom stereocenters. The molecule has 1 heterocycles. The Bertz CT molecular complexity index is 715. The summed E-state index contributed by atoms with van der Waals surface area (Å²) < 4.78 is 5.40. The van der Waals surface area contributed by atoms with Gasteiger partial charge in [0.05, 0.1) is 6.42 Å². The van der Waals surface area contributed by atoms with Crippen molar-refractivity contribution in [2.75, 3.05) is 33.2 Å². The van der Waals surface area contributed by atoms with Gasteiger partial charge in [0.1, 0.15) is 5.60 Å². The first-order valence-corrected chi connectivity index (χ1v) is 10.7. The van der Waals surface area contributed by atoms with Crippen molar-refractivity contribution in [1.82, 2.24) is 15.1 Å². The molecule has 7 heteroatoms. The monoisotopic (exact) mass is 417 g/mol. The van der Waals surface area contributed by atoms with Gasteiger partial charge in [-0.1, -0.05) is 30.3 Å². The van der Waals surface area contributed by atoms with E-state index in [0.29, 0.717) is 26.1 Å². The Balaban J connectivity index is 1.72. The minimum Gasteiger partial charge on any atom is -0.444 e. The highest BCUT2D eigenvalue weighted by molar-refractivity contribution is 5.80. The summed E-state index contributed by atoms with van der Waals surface area (Å²) in [6, 6.07) is 9.54. The van der Waals surface area contributed by atoms with E-state index in [1.54, 1.807) is 11.9 Å². The Morgan fingerprint density at radius 1 is 1.20 bits per heavy atom. The van der Waals surface area contributed by atoms with Gasteiger partial charge in [0, 0.05) is 39.6 Å². The van der Waals surface area contributed by atoms with E-state index in [2.05, 4.69) is 5.32 Å². The summed E-state index contributed by atoms with van der Waals surface area (Å²) in [5.41, 5.74) is 0.430. The molecule has 1 fully saturated rings. The zero-order valence-electron chi connectivity index (χ0n) is 18.6. The lowest BCUT2D eigenvalue weighted by Crippen LogP contribution is -2.45. The van der Waals surface area contributed by atoms with Crippen LogP contribution < -0.4 is 5.32 Å². The van der Waals surface area contributed by atoms with E-state index in [4.69, 9.17) is 4.74 Å². The van der Waals surface area contributed by atoms with Gasteiger partial charge in [-0.2, -0.15) is 0 Å².